The minimum absolute atomic E-state index is 0.0647. The van der Waals surface area contributed by atoms with Gasteiger partial charge in [0.15, 0.2) is 6.29 Å². The van der Waals surface area contributed by atoms with Gasteiger partial charge in [-0.1, -0.05) is 13.8 Å². The first-order valence-corrected chi connectivity index (χ1v) is 8.19. The van der Waals surface area contributed by atoms with E-state index in [0.29, 0.717) is 0 Å². The van der Waals surface area contributed by atoms with Gasteiger partial charge in [0.2, 0.25) is 0 Å². The van der Waals surface area contributed by atoms with Gasteiger partial charge in [0.1, 0.15) is 30.2 Å². The fraction of sp³-hybridized carbons (Fsp3) is 0.938. The number of rotatable bonds is 4. The highest BCUT2D eigenvalue weighted by Crippen LogP contribution is 2.70. The fourth-order valence-corrected chi connectivity index (χ4v) is 4.47. The van der Waals surface area contributed by atoms with Crippen molar-refractivity contribution in [1.82, 2.24) is 0 Å². The zero-order valence-electron chi connectivity index (χ0n) is 13.7. The highest BCUT2D eigenvalue weighted by molar-refractivity contribution is 5.93. The topological polar surface area (TPSA) is 116 Å². The van der Waals surface area contributed by atoms with Crippen molar-refractivity contribution in [2.24, 2.45) is 17.3 Å². The molecule has 1 aliphatic heterocycles. The van der Waals surface area contributed by atoms with Crippen LogP contribution in [-0.2, 0) is 14.3 Å². The molecule has 7 heteroatoms. The van der Waals surface area contributed by atoms with Crippen molar-refractivity contribution < 1.29 is 34.7 Å². The van der Waals surface area contributed by atoms with Crippen LogP contribution in [-0.4, -0.2) is 69.1 Å². The molecule has 1 saturated heterocycles. The van der Waals surface area contributed by atoms with Gasteiger partial charge in [-0.3, -0.25) is 4.79 Å². The summed E-state index contributed by atoms with van der Waals surface area (Å²) in [5.74, 6) is 0.458. The summed E-state index contributed by atoms with van der Waals surface area (Å²) >= 11 is 0. The first kappa shape index (κ1) is 17.3. The predicted octanol–water partition coefficient (Wildman–Crippen LogP) is -0.803. The molecule has 3 rings (SSSR count). The van der Waals surface area contributed by atoms with Crippen LogP contribution in [0, 0.1) is 17.3 Å². The number of ether oxygens (including phenoxy) is 2. The first-order valence-electron chi connectivity index (χ1n) is 8.19. The zero-order chi connectivity index (χ0) is 17.2. The van der Waals surface area contributed by atoms with Gasteiger partial charge in [0.05, 0.1) is 12.2 Å². The monoisotopic (exact) mass is 330 g/mol. The Kier molecular flexibility index (Phi) is 4.11. The molecule has 0 aromatic carbocycles. The van der Waals surface area contributed by atoms with Gasteiger partial charge < -0.3 is 29.9 Å². The van der Waals surface area contributed by atoms with E-state index in [-0.39, 0.29) is 29.5 Å². The van der Waals surface area contributed by atoms with E-state index in [4.69, 9.17) is 9.47 Å². The number of fused-ring (bicyclic) bond motifs is 1. The van der Waals surface area contributed by atoms with Gasteiger partial charge in [-0.25, -0.2) is 0 Å². The number of hydrogen-bond donors (Lipinski definition) is 4. The molecule has 0 radical (unpaired) electrons. The molecule has 4 N–H and O–H groups in total. The zero-order valence-corrected chi connectivity index (χ0v) is 13.7. The van der Waals surface area contributed by atoms with Crippen molar-refractivity contribution in [3.63, 3.8) is 0 Å². The van der Waals surface area contributed by atoms with Gasteiger partial charge in [-0.15, -0.1) is 0 Å². The van der Waals surface area contributed by atoms with Gasteiger partial charge in [0.25, 0.3) is 0 Å². The van der Waals surface area contributed by atoms with E-state index < -0.39 is 42.9 Å². The number of hydrogen-bond acceptors (Lipinski definition) is 7. The summed E-state index contributed by atoms with van der Waals surface area (Å²) < 4.78 is 11.3. The van der Waals surface area contributed by atoms with Crippen LogP contribution in [0.2, 0.25) is 0 Å². The van der Waals surface area contributed by atoms with Crippen LogP contribution in [0.3, 0.4) is 0 Å². The lowest BCUT2D eigenvalue weighted by Gasteiger charge is -2.42. The van der Waals surface area contributed by atoms with Crippen molar-refractivity contribution in [1.29, 1.82) is 0 Å². The maximum absolute atomic E-state index is 12.4. The second-order valence-corrected chi connectivity index (χ2v) is 7.68. The standard InChI is InChI=1S/C16H26O7/c1-7(2)16-4-9(16)15(3,5-10(16)18)23-14-13(21)12(20)11(19)8(6-17)22-14/h7-9,11-14,17,19-21H,4-6H2,1-3H3. The summed E-state index contributed by atoms with van der Waals surface area (Å²) in [6, 6.07) is 0. The molecule has 132 valence electrons. The Labute approximate surface area is 135 Å². The first-order chi connectivity index (χ1) is 10.7. The molecule has 2 aliphatic carbocycles. The molecule has 0 aromatic rings. The van der Waals surface area contributed by atoms with E-state index in [1.165, 1.54) is 0 Å². The van der Waals surface area contributed by atoms with Crippen LogP contribution < -0.4 is 0 Å². The Morgan fingerprint density at radius 1 is 1.26 bits per heavy atom. The van der Waals surface area contributed by atoms with Gasteiger partial charge in [0, 0.05) is 17.8 Å². The van der Waals surface area contributed by atoms with Gasteiger partial charge >= 0.3 is 0 Å². The molecule has 3 aliphatic rings. The lowest BCUT2D eigenvalue weighted by molar-refractivity contribution is -0.326. The van der Waals surface area contributed by atoms with Crippen molar-refractivity contribution in [3.8, 4) is 0 Å². The van der Waals surface area contributed by atoms with Crippen molar-refractivity contribution in [2.45, 2.75) is 69.9 Å². The van der Waals surface area contributed by atoms with Gasteiger partial charge in [-0.05, 0) is 19.3 Å². The molecule has 0 amide bonds. The van der Waals surface area contributed by atoms with Crippen molar-refractivity contribution >= 4 is 5.78 Å². The number of carbonyl (C=O) groups excluding carboxylic acids is 1. The maximum Gasteiger partial charge on any atom is 0.187 e. The molecule has 7 nitrogen and oxygen atoms in total. The quantitative estimate of drug-likeness (QED) is 0.533. The SMILES string of the molecule is CC(C)C12CC1C(C)(OC1OC(CO)C(O)C(O)C1O)CC2=O. The molecule has 2 saturated carbocycles. The van der Waals surface area contributed by atoms with Crippen LogP contribution >= 0.6 is 0 Å². The van der Waals surface area contributed by atoms with E-state index >= 15 is 0 Å². The second-order valence-electron chi connectivity index (χ2n) is 7.68. The van der Waals surface area contributed by atoms with Crippen molar-refractivity contribution in [3.05, 3.63) is 0 Å². The lowest BCUT2D eigenvalue weighted by Crippen LogP contribution is -2.60. The average molecular weight is 330 g/mol. The Morgan fingerprint density at radius 3 is 2.39 bits per heavy atom. The van der Waals surface area contributed by atoms with Crippen molar-refractivity contribution in [2.75, 3.05) is 6.61 Å². The molecule has 0 aromatic heterocycles. The fourth-order valence-electron chi connectivity index (χ4n) is 4.47. The summed E-state index contributed by atoms with van der Waals surface area (Å²) in [7, 11) is 0. The van der Waals surface area contributed by atoms with Crippen LogP contribution in [0.4, 0.5) is 0 Å². The highest BCUT2D eigenvalue weighted by atomic mass is 16.7. The summed E-state index contributed by atoms with van der Waals surface area (Å²) in [5, 5.41) is 39.0. The Bertz CT molecular complexity index is 493. The third-order valence-electron chi connectivity index (χ3n) is 6.04. The third-order valence-corrected chi connectivity index (χ3v) is 6.04. The highest BCUT2D eigenvalue weighted by Gasteiger charge is 2.74. The largest absolute Gasteiger partial charge is 0.394 e. The Morgan fingerprint density at radius 2 is 1.91 bits per heavy atom. The number of aliphatic hydroxyl groups is 4. The smallest absolute Gasteiger partial charge is 0.187 e. The summed E-state index contributed by atoms with van der Waals surface area (Å²) in [6.45, 7) is 5.38. The molecule has 23 heavy (non-hydrogen) atoms. The number of carbonyl (C=O) groups is 1. The third kappa shape index (κ3) is 2.37. The maximum atomic E-state index is 12.4. The van der Waals surface area contributed by atoms with Gasteiger partial charge in [-0.2, -0.15) is 0 Å². The molecule has 8 unspecified atom stereocenters. The predicted molar refractivity (Wildman–Crippen MR) is 78.3 cm³/mol. The summed E-state index contributed by atoms with van der Waals surface area (Å²) in [4.78, 5) is 12.4. The van der Waals surface area contributed by atoms with E-state index in [1.54, 1.807) is 0 Å². The minimum Gasteiger partial charge on any atom is -0.394 e. The Hall–Kier alpha value is -0.570. The summed E-state index contributed by atoms with van der Waals surface area (Å²) in [5.41, 5.74) is -1.11. The van der Waals surface area contributed by atoms with Crippen LogP contribution in [0.5, 0.6) is 0 Å². The molecule has 1 heterocycles. The van der Waals surface area contributed by atoms with E-state index in [1.807, 2.05) is 20.8 Å². The molecule has 0 spiro atoms. The lowest BCUT2D eigenvalue weighted by atomic mass is 9.89. The number of ketones is 1. The van der Waals surface area contributed by atoms with Crippen LogP contribution in [0.1, 0.15) is 33.6 Å². The molecule has 3 fully saturated rings. The molecule has 8 atom stereocenters. The number of Topliss-reactive ketones (excluding diaryl/α,β-unsaturated/α-hetero) is 1. The van der Waals surface area contributed by atoms with Crippen LogP contribution in [0.25, 0.3) is 0 Å². The molecular formula is C16H26O7. The summed E-state index contributed by atoms with van der Waals surface area (Å²) in [6.07, 6.45) is -5.51. The normalized spacial score (nSPS) is 52.8. The van der Waals surface area contributed by atoms with E-state index in [9.17, 15) is 25.2 Å². The Balaban J connectivity index is 1.76. The minimum atomic E-state index is -1.47. The van der Waals surface area contributed by atoms with E-state index in [0.717, 1.165) is 6.42 Å². The number of aliphatic hydroxyl groups excluding tert-OH is 4. The van der Waals surface area contributed by atoms with Crippen LogP contribution in [0.15, 0.2) is 0 Å². The molecule has 0 bridgehead atoms. The molecular weight excluding hydrogens is 304 g/mol. The average Bonchev–Trinajstić information content (AvgIpc) is 3.21. The second kappa shape index (κ2) is 5.47. The van der Waals surface area contributed by atoms with E-state index in [2.05, 4.69) is 0 Å².